The van der Waals surface area contributed by atoms with Crippen molar-refractivity contribution in [2.45, 2.75) is 51.4 Å². The zero-order chi connectivity index (χ0) is 35.7. The largest absolute Gasteiger partial charge is 0.483 e. The molecule has 264 valence electrons. The van der Waals surface area contributed by atoms with Crippen LogP contribution in [-0.2, 0) is 23.9 Å². The molecule has 3 aromatic heterocycles. The molecule has 4 heterocycles. The van der Waals surface area contributed by atoms with Gasteiger partial charge in [-0.2, -0.15) is 18.3 Å². The molecule has 49 heavy (non-hydrogen) atoms. The van der Waals surface area contributed by atoms with Crippen LogP contribution in [0.25, 0.3) is 16.9 Å². The highest BCUT2D eigenvalue weighted by atomic mass is 19.4. The lowest BCUT2D eigenvalue weighted by Crippen LogP contribution is -2.40. The van der Waals surface area contributed by atoms with E-state index in [2.05, 4.69) is 31.0 Å². The number of likely N-dealkylation sites (tertiary alicyclic amines) is 1. The molecule has 1 aromatic carbocycles. The maximum Gasteiger partial charge on any atom is 0.435 e. The number of nitrogens with zero attached hydrogens (tertiary/aromatic N) is 6. The summed E-state index contributed by atoms with van der Waals surface area (Å²) in [6.45, 7) is 2.56. The van der Waals surface area contributed by atoms with Gasteiger partial charge < -0.3 is 31.7 Å². The molecule has 3 amide bonds. The maximum atomic E-state index is 13.7. The summed E-state index contributed by atoms with van der Waals surface area (Å²) < 4.78 is 68.9. The van der Waals surface area contributed by atoms with Gasteiger partial charge in [0.2, 0.25) is 0 Å². The first kappa shape index (κ1) is 36.5. The number of imidazole rings is 1. The minimum absolute atomic E-state index is 0.00320. The Hall–Kier alpha value is -5.33. The second-order valence-electron chi connectivity index (χ2n) is 10.9. The third-order valence-corrected chi connectivity index (χ3v) is 7.48. The lowest BCUT2D eigenvalue weighted by atomic mass is 10.0. The zero-order valence-corrected chi connectivity index (χ0v) is 26.3. The number of anilines is 2. The summed E-state index contributed by atoms with van der Waals surface area (Å²) in [6.07, 6.45) is -1.04. The summed E-state index contributed by atoms with van der Waals surface area (Å²) in [5.41, 5.74) is 6.08. The minimum atomic E-state index is -4.88. The predicted octanol–water partition coefficient (Wildman–Crippen LogP) is 3.75. The van der Waals surface area contributed by atoms with Crippen molar-refractivity contribution >= 4 is 35.6 Å². The fourth-order valence-electron chi connectivity index (χ4n) is 5.25. The highest BCUT2D eigenvalue weighted by Gasteiger charge is 2.38. The Kier molecular flexibility index (Phi) is 12.1. The van der Waals surface area contributed by atoms with E-state index in [-0.39, 0.29) is 41.6 Å². The zero-order valence-electron chi connectivity index (χ0n) is 26.3. The summed E-state index contributed by atoms with van der Waals surface area (Å²) in [5, 5.41) is 19.0. The second-order valence-corrected chi connectivity index (χ2v) is 10.9. The molecule has 1 saturated heterocycles. The normalized spacial score (nSPS) is 14.4. The van der Waals surface area contributed by atoms with Gasteiger partial charge in [-0.1, -0.05) is 6.92 Å². The Morgan fingerprint density at radius 2 is 1.92 bits per heavy atom. The van der Waals surface area contributed by atoms with E-state index in [9.17, 15) is 31.5 Å². The number of aryl methyl sites for hydroxylation is 1. The maximum absolute atomic E-state index is 13.7. The van der Waals surface area contributed by atoms with Crippen LogP contribution in [0, 0.1) is 0 Å². The Morgan fingerprint density at radius 1 is 1.18 bits per heavy atom. The van der Waals surface area contributed by atoms with Gasteiger partial charge in [0.05, 0.1) is 17.5 Å². The number of amides is 3. The van der Waals surface area contributed by atoms with E-state index < -0.39 is 30.4 Å². The van der Waals surface area contributed by atoms with Gasteiger partial charge in [-0.05, 0) is 43.0 Å². The van der Waals surface area contributed by atoms with Crippen molar-refractivity contribution in [1.29, 1.82) is 0 Å². The topological polar surface area (TPSA) is 185 Å². The first-order valence-electron chi connectivity index (χ1n) is 15.2. The van der Waals surface area contributed by atoms with E-state index in [4.69, 9.17) is 15.6 Å². The average Bonchev–Trinajstić information content (AvgIpc) is 3.79. The summed E-state index contributed by atoms with van der Waals surface area (Å²) in [6, 6.07) is 4.92. The van der Waals surface area contributed by atoms with Crippen LogP contribution in [-0.4, -0.2) is 91.2 Å². The van der Waals surface area contributed by atoms with E-state index in [1.165, 1.54) is 23.0 Å². The fraction of sp³-hybridized carbons (Fsp3) is 0.400. The van der Waals surface area contributed by atoms with Gasteiger partial charge in [0.1, 0.15) is 6.54 Å². The molecule has 1 fully saturated rings. The quantitative estimate of drug-likeness (QED) is 0.0887. The number of carbonyl (C=O) groups excluding carboxylic acids is 2. The number of benzene rings is 1. The van der Waals surface area contributed by atoms with Gasteiger partial charge in [-0.25, -0.2) is 23.5 Å². The number of alkyl halides is 5. The summed E-state index contributed by atoms with van der Waals surface area (Å²) in [4.78, 5) is 43.6. The Morgan fingerprint density at radius 3 is 2.57 bits per heavy atom. The van der Waals surface area contributed by atoms with Gasteiger partial charge in [-0.15, -0.1) is 0 Å². The molecule has 0 radical (unpaired) electrons. The van der Waals surface area contributed by atoms with Crippen molar-refractivity contribution in [2.75, 3.05) is 31.5 Å². The fourth-order valence-corrected chi connectivity index (χ4v) is 5.25. The van der Waals surface area contributed by atoms with Crippen molar-refractivity contribution in [3.8, 4) is 11.3 Å². The lowest BCUT2D eigenvalue weighted by molar-refractivity contribution is -0.141. The first-order chi connectivity index (χ1) is 23.4. The highest BCUT2D eigenvalue weighted by molar-refractivity contribution is 5.96. The van der Waals surface area contributed by atoms with Gasteiger partial charge in [0.25, 0.3) is 18.8 Å². The SMILES string of the molecule is CCc1cc(Nc2nccn3c(-c4cn(CC(F)F)nc4C(F)(F)F)cnc23)ccc1C(=O)NCCCNC(=O)N1CC[C@@H](N)C1.O=CO. The van der Waals surface area contributed by atoms with Crippen LogP contribution in [0.2, 0.25) is 0 Å². The number of hydrogen-bond donors (Lipinski definition) is 5. The molecule has 5 rings (SSSR count). The molecule has 0 bridgehead atoms. The number of carbonyl (C=O) groups is 3. The van der Waals surface area contributed by atoms with Crippen LogP contribution < -0.4 is 21.7 Å². The number of rotatable bonds is 11. The molecule has 0 aliphatic carbocycles. The molecule has 19 heteroatoms. The molecule has 14 nitrogen and oxygen atoms in total. The van der Waals surface area contributed by atoms with Crippen LogP contribution in [0.4, 0.5) is 38.3 Å². The Labute approximate surface area is 276 Å². The Balaban J connectivity index is 0.00000174. The third kappa shape index (κ3) is 9.18. The van der Waals surface area contributed by atoms with Gasteiger partial charge in [0.15, 0.2) is 17.2 Å². The van der Waals surface area contributed by atoms with Crippen LogP contribution >= 0.6 is 0 Å². The summed E-state index contributed by atoms with van der Waals surface area (Å²) in [7, 11) is 0. The number of halogens is 5. The molecule has 0 saturated carbocycles. The van der Waals surface area contributed by atoms with Crippen LogP contribution in [0.1, 0.15) is 41.4 Å². The average molecular weight is 695 g/mol. The first-order valence-corrected chi connectivity index (χ1v) is 15.2. The van der Waals surface area contributed by atoms with Crippen molar-refractivity contribution in [2.24, 2.45) is 5.73 Å². The van der Waals surface area contributed by atoms with Crippen LogP contribution in [0.3, 0.4) is 0 Å². The molecule has 6 N–H and O–H groups in total. The number of nitrogens with one attached hydrogen (secondary N) is 3. The predicted molar refractivity (Wildman–Crippen MR) is 168 cm³/mol. The molecule has 0 spiro atoms. The lowest BCUT2D eigenvalue weighted by Gasteiger charge is -2.16. The van der Waals surface area contributed by atoms with E-state index >= 15 is 0 Å². The molecule has 4 aromatic rings. The van der Waals surface area contributed by atoms with Gasteiger partial charge in [0, 0.05) is 62.1 Å². The summed E-state index contributed by atoms with van der Waals surface area (Å²) >= 11 is 0. The Bertz CT molecular complexity index is 1760. The molecule has 1 aliphatic rings. The second kappa shape index (κ2) is 16.2. The number of aromatic nitrogens is 5. The molecule has 1 atom stereocenters. The van der Waals surface area contributed by atoms with Crippen LogP contribution in [0.5, 0.6) is 0 Å². The third-order valence-electron chi connectivity index (χ3n) is 7.48. The molecular formula is C30H35F5N10O4. The highest BCUT2D eigenvalue weighted by Crippen LogP contribution is 2.37. The van der Waals surface area contributed by atoms with E-state index in [1.807, 2.05) is 6.92 Å². The van der Waals surface area contributed by atoms with E-state index in [0.717, 1.165) is 18.2 Å². The van der Waals surface area contributed by atoms with Gasteiger partial charge in [-0.3, -0.25) is 18.7 Å². The van der Waals surface area contributed by atoms with Crippen molar-refractivity contribution < 1.29 is 41.4 Å². The number of nitrogens with two attached hydrogens (primary N) is 1. The molecule has 1 aliphatic heterocycles. The van der Waals surface area contributed by atoms with E-state index in [0.29, 0.717) is 55.0 Å². The number of carboxylic acid groups (broad SMARTS) is 1. The van der Waals surface area contributed by atoms with Crippen LogP contribution in [0.15, 0.2) is 43.0 Å². The number of urea groups is 1. The number of hydrogen-bond acceptors (Lipinski definition) is 8. The smallest absolute Gasteiger partial charge is 0.435 e. The molecule has 0 unspecified atom stereocenters. The standard InChI is InChI=1S/C29H33F5N10O2.CH2O2/c1-2-17-12-19(4-5-20(17)27(45)37-7-3-8-38-28(46)42-10-6-18(35)14-42)40-25-26-39-13-22(44(26)11-9-36-25)21-15-43(16-23(30)31)41-24(21)29(32,33)34;2-1-3/h4-5,9,11-13,15,18,23H,2-3,6-8,10,14,16,35H2,1H3,(H,36,40)(H,37,45)(H,38,46);1H,(H,2,3)/t18-;/m1./s1. The van der Waals surface area contributed by atoms with Crippen molar-refractivity contribution in [3.63, 3.8) is 0 Å². The monoisotopic (exact) mass is 694 g/mol. The molecular weight excluding hydrogens is 659 g/mol. The van der Waals surface area contributed by atoms with Gasteiger partial charge >= 0.3 is 12.2 Å². The van der Waals surface area contributed by atoms with Crippen molar-refractivity contribution in [3.05, 3.63) is 59.8 Å². The van der Waals surface area contributed by atoms with Crippen molar-refractivity contribution in [1.82, 2.24) is 39.7 Å². The van der Waals surface area contributed by atoms with E-state index in [1.54, 1.807) is 23.1 Å². The summed E-state index contributed by atoms with van der Waals surface area (Å²) in [5.74, 6) is -0.0503. The number of fused-ring (bicyclic) bond motifs is 1. The minimum Gasteiger partial charge on any atom is -0.483 e.